The van der Waals surface area contributed by atoms with Gasteiger partial charge >= 0.3 is 5.97 Å². The van der Waals surface area contributed by atoms with E-state index in [1.54, 1.807) is 22.9 Å². The number of ether oxygens (including phenoxy) is 1. The van der Waals surface area contributed by atoms with Crippen LogP contribution in [0.3, 0.4) is 0 Å². The van der Waals surface area contributed by atoms with Crippen LogP contribution in [0.15, 0.2) is 42.5 Å². The molecule has 0 spiro atoms. The summed E-state index contributed by atoms with van der Waals surface area (Å²) in [6, 6.07) is 10.2. The summed E-state index contributed by atoms with van der Waals surface area (Å²) in [4.78, 5) is 34.6. The molecular weight excluding hydrogens is 366 g/mol. The highest BCUT2D eigenvalue weighted by atomic mass is 16.6. The standard InChI is InChI=1S/C18H17N5O5/c1-3-22-16-9-4-12(10-15(16)20-21-22)18(25)28-11(2)17(24)19-13-5-7-14(8-6-13)23(26)27/h4-11H,3H2,1-2H3,(H,19,24)/t11-/m0/s1. The summed E-state index contributed by atoms with van der Waals surface area (Å²) in [5.41, 5.74) is 1.87. The number of carbonyl (C=O) groups excluding carboxylic acids is 2. The molecule has 144 valence electrons. The molecule has 0 aliphatic carbocycles. The number of nitrogens with zero attached hydrogens (tertiary/aromatic N) is 4. The normalized spacial score (nSPS) is 11.8. The van der Waals surface area contributed by atoms with Crippen molar-refractivity contribution in [3.63, 3.8) is 0 Å². The third-order valence-corrected chi connectivity index (χ3v) is 4.05. The molecule has 0 aliphatic rings. The average molecular weight is 383 g/mol. The van der Waals surface area contributed by atoms with Crippen molar-refractivity contribution >= 4 is 34.3 Å². The molecule has 3 aromatic rings. The van der Waals surface area contributed by atoms with Crippen molar-refractivity contribution in [3.8, 4) is 0 Å². The number of anilines is 1. The molecule has 0 bridgehead atoms. The highest BCUT2D eigenvalue weighted by molar-refractivity contribution is 5.98. The molecule has 10 nitrogen and oxygen atoms in total. The first-order valence-electron chi connectivity index (χ1n) is 8.48. The van der Waals surface area contributed by atoms with Gasteiger partial charge in [-0.3, -0.25) is 14.9 Å². The van der Waals surface area contributed by atoms with E-state index in [2.05, 4.69) is 15.6 Å². The van der Waals surface area contributed by atoms with Crippen LogP contribution >= 0.6 is 0 Å². The number of nitro groups is 1. The summed E-state index contributed by atoms with van der Waals surface area (Å²) in [7, 11) is 0. The zero-order chi connectivity index (χ0) is 20.3. The maximum absolute atomic E-state index is 12.3. The van der Waals surface area contributed by atoms with Gasteiger partial charge in [-0.05, 0) is 44.2 Å². The molecule has 1 amide bonds. The van der Waals surface area contributed by atoms with Gasteiger partial charge in [0.1, 0.15) is 5.52 Å². The second-order valence-corrected chi connectivity index (χ2v) is 5.95. The topological polar surface area (TPSA) is 129 Å². The van der Waals surface area contributed by atoms with Crippen LogP contribution in [0.2, 0.25) is 0 Å². The third-order valence-electron chi connectivity index (χ3n) is 4.05. The smallest absolute Gasteiger partial charge is 0.338 e. The number of non-ortho nitro benzene ring substituents is 1. The number of hydrogen-bond donors (Lipinski definition) is 1. The Bertz CT molecular complexity index is 1040. The monoisotopic (exact) mass is 383 g/mol. The minimum atomic E-state index is -1.07. The molecule has 0 saturated carbocycles. The van der Waals surface area contributed by atoms with Crippen LogP contribution in [-0.2, 0) is 16.1 Å². The number of rotatable bonds is 6. The molecule has 0 fully saturated rings. The average Bonchev–Trinajstić information content (AvgIpc) is 3.10. The van der Waals surface area contributed by atoms with Crippen molar-refractivity contribution in [1.29, 1.82) is 0 Å². The van der Waals surface area contributed by atoms with Crippen molar-refractivity contribution in [3.05, 3.63) is 58.1 Å². The van der Waals surface area contributed by atoms with Gasteiger partial charge in [-0.15, -0.1) is 5.10 Å². The van der Waals surface area contributed by atoms with Crippen molar-refractivity contribution in [2.45, 2.75) is 26.5 Å². The van der Waals surface area contributed by atoms with Gasteiger partial charge in [-0.25, -0.2) is 9.48 Å². The first-order valence-corrected chi connectivity index (χ1v) is 8.48. The molecule has 1 heterocycles. The summed E-state index contributed by atoms with van der Waals surface area (Å²) in [5, 5.41) is 21.2. The molecule has 1 atom stereocenters. The van der Waals surface area contributed by atoms with E-state index in [1.165, 1.54) is 31.2 Å². The second kappa shape index (κ2) is 7.82. The fraction of sp³-hybridized carbons (Fsp3) is 0.222. The van der Waals surface area contributed by atoms with Crippen molar-refractivity contribution in [2.75, 3.05) is 5.32 Å². The van der Waals surface area contributed by atoms with Crippen LogP contribution in [0, 0.1) is 10.1 Å². The van der Waals surface area contributed by atoms with Crippen LogP contribution < -0.4 is 5.32 Å². The number of hydrogen-bond acceptors (Lipinski definition) is 7. The number of nitro benzene ring substituents is 1. The molecule has 0 unspecified atom stereocenters. The van der Waals surface area contributed by atoms with Gasteiger partial charge in [0, 0.05) is 24.4 Å². The Morgan fingerprint density at radius 3 is 2.61 bits per heavy atom. The molecule has 0 aliphatic heterocycles. The van der Waals surface area contributed by atoms with Crippen LogP contribution in [0.1, 0.15) is 24.2 Å². The highest BCUT2D eigenvalue weighted by Crippen LogP contribution is 2.17. The highest BCUT2D eigenvalue weighted by Gasteiger charge is 2.20. The number of nitrogens with one attached hydrogen (secondary N) is 1. The predicted molar refractivity (Wildman–Crippen MR) is 99.8 cm³/mol. The van der Waals surface area contributed by atoms with Gasteiger partial charge in [0.2, 0.25) is 0 Å². The number of esters is 1. The summed E-state index contributed by atoms with van der Waals surface area (Å²) >= 11 is 0. The SMILES string of the molecule is CCn1nnc2cc(C(=O)O[C@@H](C)C(=O)Nc3ccc([N+](=O)[O-])cc3)ccc21. The number of aromatic nitrogens is 3. The van der Waals surface area contributed by atoms with Gasteiger partial charge in [-0.2, -0.15) is 0 Å². The van der Waals surface area contributed by atoms with E-state index in [1.807, 2.05) is 6.92 Å². The molecule has 28 heavy (non-hydrogen) atoms. The first kappa shape index (κ1) is 19.0. The summed E-state index contributed by atoms with van der Waals surface area (Å²) in [6.07, 6.45) is -1.07. The van der Waals surface area contributed by atoms with Crippen LogP contribution in [-0.4, -0.2) is 37.9 Å². The summed E-state index contributed by atoms with van der Waals surface area (Å²) in [6.45, 7) is 4.02. The molecule has 1 N–H and O–H groups in total. The van der Waals surface area contributed by atoms with Gasteiger partial charge in [0.15, 0.2) is 6.10 Å². The molecule has 0 saturated heterocycles. The largest absolute Gasteiger partial charge is 0.449 e. The van der Waals surface area contributed by atoms with E-state index in [9.17, 15) is 19.7 Å². The number of aryl methyl sites for hydroxylation is 1. The van der Waals surface area contributed by atoms with E-state index >= 15 is 0 Å². The molecule has 2 aromatic carbocycles. The Morgan fingerprint density at radius 1 is 1.25 bits per heavy atom. The third kappa shape index (κ3) is 3.95. The van der Waals surface area contributed by atoms with E-state index in [4.69, 9.17) is 4.74 Å². The summed E-state index contributed by atoms with van der Waals surface area (Å²) in [5.74, 6) is -1.22. The quantitative estimate of drug-likeness (QED) is 0.393. The number of benzene rings is 2. The number of amides is 1. The van der Waals surface area contributed by atoms with Crippen LogP contribution in [0.5, 0.6) is 0 Å². The first-order chi connectivity index (χ1) is 13.4. The van der Waals surface area contributed by atoms with E-state index in [-0.39, 0.29) is 11.3 Å². The van der Waals surface area contributed by atoms with Gasteiger partial charge < -0.3 is 10.1 Å². The fourth-order valence-corrected chi connectivity index (χ4v) is 2.53. The number of carbonyl (C=O) groups is 2. The lowest BCUT2D eigenvalue weighted by atomic mass is 10.2. The molecule has 3 rings (SSSR count). The Labute approximate surface area is 159 Å². The Kier molecular flexibility index (Phi) is 5.30. The maximum atomic E-state index is 12.3. The Hall–Kier alpha value is -3.82. The van der Waals surface area contributed by atoms with Crippen molar-refractivity contribution in [2.24, 2.45) is 0 Å². The van der Waals surface area contributed by atoms with Gasteiger partial charge in [-0.1, -0.05) is 5.21 Å². The fourth-order valence-electron chi connectivity index (χ4n) is 2.53. The Balaban J connectivity index is 1.64. The molecule has 1 aromatic heterocycles. The summed E-state index contributed by atoms with van der Waals surface area (Å²) < 4.78 is 6.90. The lowest BCUT2D eigenvalue weighted by Gasteiger charge is -2.13. The lowest BCUT2D eigenvalue weighted by molar-refractivity contribution is -0.384. The maximum Gasteiger partial charge on any atom is 0.338 e. The van der Waals surface area contributed by atoms with E-state index < -0.39 is 22.9 Å². The van der Waals surface area contributed by atoms with Gasteiger partial charge in [0.25, 0.3) is 11.6 Å². The Morgan fingerprint density at radius 2 is 1.96 bits per heavy atom. The predicted octanol–water partition coefficient (Wildman–Crippen LogP) is 2.54. The van der Waals surface area contributed by atoms with Crippen molar-refractivity contribution in [1.82, 2.24) is 15.0 Å². The van der Waals surface area contributed by atoms with E-state index in [0.29, 0.717) is 17.7 Å². The zero-order valence-electron chi connectivity index (χ0n) is 15.2. The second-order valence-electron chi connectivity index (χ2n) is 5.95. The minimum Gasteiger partial charge on any atom is -0.449 e. The van der Waals surface area contributed by atoms with E-state index in [0.717, 1.165) is 5.52 Å². The van der Waals surface area contributed by atoms with Gasteiger partial charge in [0.05, 0.1) is 16.0 Å². The number of fused-ring (bicyclic) bond motifs is 1. The minimum absolute atomic E-state index is 0.0899. The van der Waals surface area contributed by atoms with Crippen LogP contribution in [0.4, 0.5) is 11.4 Å². The molecule has 0 radical (unpaired) electrons. The van der Waals surface area contributed by atoms with Crippen molar-refractivity contribution < 1.29 is 19.2 Å². The zero-order valence-corrected chi connectivity index (χ0v) is 15.2. The molecular formula is C18H17N5O5. The van der Waals surface area contributed by atoms with Crippen LogP contribution in [0.25, 0.3) is 11.0 Å². The molecule has 10 heteroatoms. The lowest BCUT2D eigenvalue weighted by Crippen LogP contribution is -2.30.